The molecule has 5 heteroatoms. The Morgan fingerprint density at radius 3 is 2.44 bits per heavy atom. The summed E-state index contributed by atoms with van der Waals surface area (Å²) in [4.78, 5) is 27.0. The van der Waals surface area contributed by atoms with Crippen molar-refractivity contribution in [3.63, 3.8) is 0 Å². The van der Waals surface area contributed by atoms with Crippen molar-refractivity contribution in [2.75, 3.05) is 0 Å². The maximum absolute atomic E-state index is 12.3. The third kappa shape index (κ3) is 1.93. The molecule has 1 aromatic rings. The van der Waals surface area contributed by atoms with Crippen LogP contribution in [0.3, 0.4) is 0 Å². The minimum absolute atomic E-state index is 0.0406. The van der Waals surface area contributed by atoms with Crippen LogP contribution in [-0.4, -0.2) is 16.7 Å². The molecule has 1 aromatic heterocycles. The molecule has 2 fully saturated rings. The minimum atomic E-state index is -0.0455. The van der Waals surface area contributed by atoms with Crippen LogP contribution >= 0.6 is 27.3 Å². The van der Waals surface area contributed by atoms with Crippen LogP contribution in [0.4, 0.5) is 0 Å². The molecule has 0 spiro atoms. The van der Waals surface area contributed by atoms with Gasteiger partial charge in [0.2, 0.25) is 11.8 Å². The molecule has 3 rings (SSSR count). The number of carbonyl (C=O) groups excluding carboxylic acids is 2. The second-order valence-electron chi connectivity index (χ2n) is 5.28. The smallest absolute Gasteiger partial charge is 0.233 e. The maximum Gasteiger partial charge on any atom is 0.233 e. The standard InChI is InChI=1S/C13H14BrNO2S/c1-7-2-10-11(3-7)13(17)15(12(10)16)5-9-4-8(14)6-18-9/h4,6-7,10-11H,2-3,5H2,1H3. The molecule has 3 nitrogen and oxygen atoms in total. The Bertz CT molecular complexity index is 489. The molecule has 2 heterocycles. The highest BCUT2D eigenvalue weighted by molar-refractivity contribution is 9.10. The highest BCUT2D eigenvalue weighted by Gasteiger charge is 2.51. The van der Waals surface area contributed by atoms with Crippen molar-refractivity contribution in [3.05, 3.63) is 20.8 Å². The van der Waals surface area contributed by atoms with E-state index in [0.717, 1.165) is 22.2 Å². The summed E-state index contributed by atoms with van der Waals surface area (Å²) in [5.74, 6) is 0.496. The van der Waals surface area contributed by atoms with Crippen molar-refractivity contribution >= 4 is 39.1 Å². The van der Waals surface area contributed by atoms with E-state index in [1.807, 2.05) is 11.4 Å². The Morgan fingerprint density at radius 1 is 1.33 bits per heavy atom. The second-order valence-corrected chi connectivity index (χ2v) is 7.19. The van der Waals surface area contributed by atoms with E-state index < -0.39 is 0 Å². The van der Waals surface area contributed by atoms with Crippen LogP contribution in [0.15, 0.2) is 15.9 Å². The molecule has 0 bridgehead atoms. The van der Waals surface area contributed by atoms with Gasteiger partial charge in [0.25, 0.3) is 0 Å². The highest BCUT2D eigenvalue weighted by atomic mass is 79.9. The number of halogens is 1. The Balaban J connectivity index is 1.79. The van der Waals surface area contributed by atoms with Crippen LogP contribution < -0.4 is 0 Å². The largest absolute Gasteiger partial charge is 0.277 e. The SMILES string of the molecule is CC1CC2C(=O)N(Cc3cc(Br)cs3)C(=O)C2C1. The van der Waals surface area contributed by atoms with E-state index in [9.17, 15) is 9.59 Å². The molecule has 18 heavy (non-hydrogen) atoms. The van der Waals surface area contributed by atoms with E-state index >= 15 is 0 Å². The topological polar surface area (TPSA) is 37.4 Å². The van der Waals surface area contributed by atoms with Gasteiger partial charge in [0.1, 0.15) is 0 Å². The number of thiophene rings is 1. The third-order valence-corrected chi connectivity index (χ3v) is 5.58. The number of fused-ring (bicyclic) bond motifs is 1. The number of hydrogen-bond donors (Lipinski definition) is 0. The summed E-state index contributed by atoms with van der Waals surface area (Å²) in [5, 5.41) is 1.98. The van der Waals surface area contributed by atoms with E-state index in [2.05, 4.69) is 22.9 Å². The lowest BCUT2D eigenvalue weighted by Gasteiger charge is -2.15. The number of likely N-dealkylation sites (tertiary alicyclic amines) is 1. The molecule has 0 aromatic carbocycles. The van der Waals surface area contributed by atoms with Gasteiger partial charge >= 0.3 is 0 Å². The molecule has 2 unspecified atom stereocenters. The lowest BCUT2D eigenvalue weighted by atomic mass is 10.00. The van der Waals surface area contributed by atoms with Gasteiger partial charge in [0.15, 0.2) is 0 Å². The van der Waals surface area contributed by atoms with Gasteiger partial charge in [-0.2, -0.15) is 0 Å². The molecule has 1 aliphatic heterocycles. The fraction of sp³-hybridized carbons (Fsp3) is 0.538. The Labute approximate surface area is 118 Å². The first-order valence-electron chi connectivity index (χ1n) is 6.14. The van der Waals surface area contributed by atoms with Crippen molar-refractivity contribution in [1.82, 2.24) is 4.90 Å². The molecule has 2 amide bonds. The first kappa shape index (κ1) is 12.4. The Morgan fingerprint density at radius 2 is 1.94 bits per heavy atom. The molecule has 2 aliphatic rings. The molecular formula is C13H14BrNO2S. The Kier molecular flexibility index (Phi) is 3.06. The first-order valence-corrected chi connectivity index (χ1v) is 7.81. The van der Waals surface area contributed by atoms with E-state index in [0.29, 0.717) is 12.5 Å². The molecule has 1 saturated heterocycles. The average molecular weight is 328 g/mol. The summed E-state index contributed by atoms with van der Waals surface area (Å²) in [6.07, 6.45) is 1.75. The average Bonchev–Trinajstić information content (AvgIpc) is 2.95. The summed E-state index contributed by atoms with van der Waals surface area (Å²) < 4.78 is 1.01. The third-order valence-electron chi connectivity index (χ3n) is 3.90. The number of rotatable bonds is 2. The van der Waals surface area contributed by atoms with Gasteiger partial charge in [-0.3, -0.25) is 14.5 Å². The predicted molar refractivity (Wildman–Crippen MR) is 73.0 cm³/mol. The van der Waals surface area contributed by atoms with Crippen LogP contribution in [0.5, 0.6) is 0 Å². The molecule has 1 saturated carbocycles. The van der Waals surface area contributed by atoms with Crippen molar-refractivity contribution in [2.24, 2.45) is 17.8 Å². The summed E-state index contributed by atoms with van der Waals surface area (Å²) in [6.45, 7) is 2.56. The van der Waals surface area contributed by atoms with Gasteiger partial charge in [-0.05, 0) is 40.8 Å². The quantitative estimate of drug-likeness (QED) is 0.783. The fourth-order valence-electron chi connectivity index (χ4n) is 3.09. The van der Waals surface area contributed by atoms with E-state index in [1.165, 1.54) is 4.90 Å². The lowest BCUT2D eigenvalue weighted by Crippen LogP contribution is -2.31. The minimum Gasteiger partial charge on any atom is -0.277 e. The zero-order chi connectivity index (χ0) is 12.9. The van der Waals surface area contributed by atoms with Gasteiger partial charge < -0.3 is 0 Å². The number of imide groups is 1. The van der Waals surface area contributed by atoms with Gasteiger partial charge in [0, 0.05) is 14.7 Å². The lowest BCUT2D eigenvalue weighted by molar-refractivity contribution is -0.141. The highest BCUT2D eigenvalue weighted by Crippen LogP contribution is 2.43. The van der Waals surface area contributed by atoms with Crippen LogP contribution in [0.25, 0.3) is 0 Å². The summed E-state index contributed by atoms with van der Waals surface area (Å²) in [7, 11) is 0. The van der Waals surface area contributed by atoms with E-state index in [1.54, 1.807) is 11.3 Å². The molecular weight excluding hydrogens is 314 g/mol. The zero-order valence-electron chi connectivity index (χ0n) is 10.1. The maximum atomic E-state index is 12.3. The fourth-order valence-corrected chi connectivity index (χ4v) is 4.53. The number of hydrogen-bond acceptors (Lipinski definition) is 3. The van der Waals surface area contributed by atoms with Gasteiger partial charge in [-0.15, -0.1) is 11.3 Å². The van der Waals surface area contributed by atoms with Gasteiger partial charge in [-0.1, -0.05) is 6.92 Å². The Hall–Kier alpha value is -0.680. The second kappa shape index (κ2) is 4.46. The zero-order valence-corrected chi connectivity index (χ0v) is 12.5. The summed E-state index contributed by atoms with van der Waals surface area (Å²) >= 11 is 4.97. The number of carbonyl (C=O) groups is 2. The van der Waals surface area contributed by atoms with Crippen molar-refractivity contribution in [3.8, 4) is 0 Å². The monoisotopic (exact) mass is 327 g/mol. The summed E-state index contributed by atoms with van der Waals surface area (Å²) in [6, 6.07) is 1.97. The van der Waals surface area contributed by atoms with Crippen molar-refractivity contribution < 1.29 is 9.59 Å². The van der Waals surface area contributed by atoms with Crippen LogP contribution in [-0.2, 0) is 16.1 Å². The normalized spacial score (nSPS) is 31.2. The van der Waals surface area contributed by atoms with Crippen molar-refractivity contribution in [2.45, 2.75) is 26.3 Å². The predicted octanol–water partition coefficient (Wildman–Crippen LogP) is 3.04. The first-order chi connectivity index (χ1) is 8.56. The van der Waals surface area contributed by atoms with Gasteiger partial charge in [-0.25, -0.2) is 0 Å². The number of nitrogens with zero attached hydrogens (tertiary/aromatic N) is 1. The van der Waals surface area contributed by atoms with Crippen molar-refractivity contribution in [1.29, 1.82) is 0 Å². The van der Waals surface area contributed by atoms with E-state index in [-0.39, 0.29) is 23.7 Å². The molecule has 0 radical (unpaired) electrons. The molecule has 2 atom stereocenters. The van der Waals surface area contributed by atoms with Crippen LogP contribution in [0, 0.1) is 17.8 Å². The van der Waals surface area contributed by atoms with Crippen LogP contribution in [0.2, 0.25) is 0 Å². The van der Waals surface area contributed by atoms with E-state index in [4.69, 9.17) is 0 Å². The molecule has 0 N–H and O–H groups in total. The van der Waals surface area contributed by atoms with Gasteiger partial charge in [0.05, 0.1) is 18.4 Å². The molecule has 1 aliphatic carbocycles. The molecule has 96 valence electrons. The number of amides is 2. The van der Waals surface area contributed by atoms with Crippen LogP contribution in [0.1, 0.15) is 24.6 Å². The summed E-state index contributed by atoms with van der Waals surface area (Å²) in [5.41, 5.74) is 0.